The molecule has 3 aromatic carbocycles. The van der Waals surface area contributed by atoms with Crippen LogP contribution in [0.3, 0.4) is 0 Å². The van der Waals surface area contributed by atoms with Gasteiger partial charge in [0.25, 0.3) is 11.8 Å². The van der Waals surface area contributed by atoms with E-state index in [0.717, 1.165) is 0 Å². The summed E-state index contributed by atoms with van der Waals surface area (Å²) in [4.78, 5) is 35.8. The van der Waals surface area contributed by atoms with Gasteiger partial charge in [-0.25, -0.2) is 4.39 Å². The standard InChI is InChI=1S/C22H18FN3O3/c1-14(27)24-19-3-2-4-20(13-19)26-22(29)16-7-5-15(6-8-16)21(28)25-18-11-9-17(23)10-12-18/h2-13H,1H3,(H,24,27)(H,25,28)(H,26,29). The normalized spacial score (nSPS) is 10.1. The molecule has 0 saturated carbocycles. The molecule has 3 N–H and O–H groups in total. The van der Waals surface area contributed by atoms with Crippen LogP contribution in [0, 0.1) is 5.82 Å². The molecule has 7 heteroatoms. The Bertz CT molecular complexity index is 1050. The molecule has 3 rings (SSSR count). The predicted molar refractivity (Wildman–Crippen MR) is 109 cm³/mol. The molecule has 0 heterocycles. The zero-order valence-corrected chi connectivity index (χ0v) is 15.5. The van der Waals surface area contributed by atoms with Gasteiger partial charge in [-0.3, -0.25) is 14.4 Å². The molecule has 0 aliphatic heterocycles. The molecular weight excluding hydrogens is 373 g/mol. The first-order chi connectivity index (χ1) is 13.9. The maximum Gasteiger partial charge on any atom is 0.255 e. The summed E-state index contributed by atoms with van der Waals surface area (Å²) in [5.74, 6) is -1.31. The van der Waals surface area contributed by atoms with Gasteiger partial charge in [-0.1, -0.05) is 6.07 Å². The first kappa shape index (κ1) is 19.8. The van der Waals surface area contributed by atoms with Gasteiger partial charge in [0.1, 0.15) is 5.82 Å². The third-order valence-electron chi connectivity index (χ3n) is 3.95. The van der Waals surface area contributed by atoms with Crippen LogP contribution in [0.5, 0.6) is 0 Å². The van der Waals surface area contributed by atoms with Crippen LogP contribution in [0.25, 0.3) is 0 Å². The van der Waals surface area contributed by atoms with E-state index in [-0.39, 0.29) is 23.5 Å². The third-order valence-corrected chi connectivity index (χ3v) is 3.95. The van der Waals surface area contributed by atoms with Crippen LogP contribution in [0.2, 0.25) is 0 Å². The molecule has 0 fully saturated rings. The molecule has 0 bridgehead atoms. The zero-order chi connectivity index (χ0) is 20.8. The molecule has 146 valence electrons. The van der Waals surface area contributed by atoms with Gasteiger partial charge < -0.3 is 16.0 Å². The van der Waals surface area contributed by atoms with Crippen molar-refractivity contribution >= 4 is 34.8 Å². The minimum Gasteiger partial charge on any atom is -0.326 e. The molecule has 0 radical (unpaired) electrons. The summed E-state index contributed by atoms with van der Waals surface area (Å²) in [5.41, 5.74) is 2.30. The lowest BCUT2D eigenvalue weighted by molar-refractivity contribution is -0.114. The third kappa shape index (κ3) is 5.49. The summed E-state index contributed by atoms with van der Waals surface area (Å²) >= 11 is 0. The lowest BCUT2D eigenvalue weighted by Crippen LogP contribution is -2.14. The van der Waals surface area contributed by atoms with Crippen LogP contribution in [-0.4, -0.2) is 17.7 Å². The highest BCUT2D eigenvalue weighted by molar-refractivity contribution is 6.07. The Morgan fingerprint density at radius 3 is 1.66 bits per heavy atom. The Hall–Kier alpha value is -4.00. The summed E-state index contributed by atoms with van der Waals surface area (Å²) in [6.07, 6.45) is 0. The lowest BCUT2D eigenvalue weighted by Gasteiger charge is -2.09. The largest absolute Gasteiger partial charge is 0.326 e. The minimum atomic E-state index is -0.388. The van der Waals surface area contributed by atoms with E-state index < -0.39 is 0 Å². The van der Waals surface area contributed by atoms with Gasteiger partial charge in [0.05, 0.1) is 0 Å². The van der Waals surface area contributed by atoms with Gasteiger partial charge in [0.2, 0.25) is 5.91 Å². The Kier molecular flexibility index (Phi) is 5.99. The molecule has 0 spiro atoms. The smallest absolute Gasteiger partial charge is 0.255 e. The summed E-state index contributed by atoms with van der Waals surface area (Å²) in [5, 5.41) is 8.04. The van der Waals surface area contributed by atoms with Crippen molar-refractivity contribution in [2.45, 2.75) is 6.92 Å². The van der Waals surface area contributed by atoms with E-state index >= 15 is 0 Å². The number of carbonyl (C=O) groups excluding carboxylic acids is 3. The molecule has 0 aliphatic carbocycles. The SMILES string of the molecule is CC(=O)Nc1cccc(NC(=O)c2ccc(C(=O)Nc3ccc(F)cc3)cc2)c1. The number of amides is 3. The molecule has 3 amide bonds. The second-order valence-electron chi connectivity index (χ2n) is 6.25. The highest BCUT2D eigenvalue weighted by Gasteiger charge is 2.10. The molecule has 29 heavy (non-hydrogen) atoms. The van der Waals surface area contributed by atoms with Crippen LogP contribution in [-0.2, 0) is 4.79 Å². The van der Waals surface area contributed by atoms with Gasteiger partial charge in [-0.2, -0.15) is 0 Å². The topological polar surface area (TPSA) is 87.3 Å². The fourth-order valence-electron chi connectivity index (χ4n) is 2.59. The number of nitrogens with one attached hydrogen (secondary N) is 3. The Morgan fingerprint density at radius 1 is 0.655 bits per heavy atom. The van der Waals surface area contributed by atoms with E-state index in [1.807, 2.05) is 0 Å². The first-order valence-electron chi connectivity index (χ1n) is 8.77. The van der Waals surface area contributed by atoms with Gasteiger partial charge in [0.15, 0.2) is 0 Å². The van der Waals surface area contributed by atoms with Gasteiger partial charge in [-0.05, 0) is 66.7 Å². The number of halogens is 1. The average molecular weight is 391 g/mol. The Labute approximate surface area is 166 Å². The second-order valence-corrected chi connectivity index (χ2v) is 6.25. The van der Waals surface area contributed by atoms with E-state index in [1.165, 1.54) is 55.5 Å². The number of hydrogen-bond acceptors (Lipinski definition) is 3. The fourth-order valence-corrected chi connectivity index (χ4v) is 2.59. The molecule has 3 aromatic rings. The lowest BCUT2D eigenvalue weighted by atomic mass is 10.1. The monoisotopic (exact) mass is 391 g/mol. The van der Waals surface area contributed by atoms with Crippen LogP contribution in [0.1, 0.15) is 27.6 Å². The number of hydrogen-bond donors (Lipinski definition) is 3. The van der Waals surface area contributed by atoms with Crippen molar-refractivity contribution in [2.24, 2.45) is 0 Å². The second kappa shape index (κ2) is 8.79. The highest BCUT2D eigenvalue weighted by atomic mass is 19.1. The number of carbonyl (C=O) groups is 3. The van der Waals surface area contributed by atoms with Crippen LogP contribution >= 0.6 is 0 Å². The van der Waals surface area contributed by atoms with Gasteiger partial charge in [-0.15, -0.1) is 0 Å². The fraction of sp³-hybridized carbons (Fsp3) is 0.0455. The Balaban J connectivity index is 1.64. The summed E-state index contributed by atoms with van der Waals surface area (Å²) in [7, 11) is 0. The summed E-state index contributed by atoms with van der Waals surface area (Å²) in [6.45, 7) is 1.40. The number of rotatable bonds is 5. The minimum absolute atomic E-state index is 0.206. The number of benzene rings is 3. The summed E-state index contributed by atoms with van der Waals surface area (Å²) < 4.78 is 12.9. The Morgan fingerprint density at radius 2 is 1.14 bits per heavy atom. The quantitative estimate of drug-likeness (QED) is 0.606. The molecule has 0 saturated heterocycles. The van der Waals surface area contributed by atoms with Crippen molar-refractivity contribution in [1.82, 2.24) is 0 Å². The van der Waals surface area contributed by atoms with Crippen molar-refractivity contribution in [3.63, 3.8) is 0 Å². The molecule has 0 unspecified atom stereocenters. The average Bonchev–Trinajstić information content (AvgIpc) is 2.69. The van der Waals surface area contributed by atoms with E-state index in [4.69, 9.17) is 0 Å². The first-order valence-corrected chi connectivity index (χ1v) is 8.77. The zero-order valence-electron chi connectivity index (χ0n) is 15.5. The number of anilines is 3. The van der Waals surface area contributed by atoms with Gasteiger partial charge >= 0.3 is 0 Å². The van der Waals surface area contributed by atoms with Crippen LogP contribution in [0.4, 0.5) is 21.5 Å². The van der Waals surface area contributed by atoms with E-state index in [1.54, 1.807) is 24.3 Å². The van der Waals surface area contributed by atoms with Crippen molar-refractivity contribution in [3.8, 4) is 0 Å². The van der Waals surface area contributed by atoms with E-state index in [0.29, 0.717) is 28.2 Å². The van der Waals surface area contributed by atoms with Gasteiger partial charge in [0, 0.05) is 35.1 Å². The summed E-state index contributed by atoms with van der Waals surface area (Å²) in [6, 6.07) is 18.3. The highest BCUT2D eigenvalue weighted by Crippen LogP contribution is 2.17. The molecule has 0 aliphatic rings. The van der Waals surface area contributed by atoms with E-state index in [9.17, 15) is 18.8 Å². The van der Waals surface area contributed by atoms with Crippen LogP contribution in [0.15, 0.2) is 72.8 Å². The van der Waals surface area contributed by atoms with Crippen LogP contribution < -0.4 is 16.0 Å². The van der Waals surface area contributed by atoms with Crippen molar-refractivity contribution in [1.29, 1.82) is 0 Å². The molecule has 6 nitrogen and oxygen atoms in total. The predicted octanol–water partition coefficient (Wildman–Crippen LogP) is 4.29. The van der Waals surface area contributed by atoms with Crippen molar-refractivity contribution < 1.29 is 18.8 Å². The van der Waals surface area contributed by atoms with E-state index in [2.05, 4.69) is 16.0 Å². The van der Waals surface area contributed by atoms with Crippen molar-refractivity contribution in [2.75, 3.05) is 16.0 Å². The molecule has 0 aromatic heterocycles. The maximum atomic E-state index is 12.9. The van der Waals surface area contributed by atoms with Crippen molar-refractivity contribution in [3.05, 3.63) is 89.7 Å². The molecular formula is C22H18FN3O3. The maximum absolute atomic E-state index is 12.9. The molecule has 0 atom stereocenters.